The molecule has 7 nitrogen and oxygen atoms in total. The fourth-order valence-corrected chi connectivity index (χ4v) is 5.73. The van der Waals surface area contributed by atoms with Crippen molar-refractivity contribution < 1.29 is 28.5 Å². The lowest BCUT2D eigenvalue weighted by Gasteiger charge is -2.42. The quantitative estimate of drug-likeness (QED) is 0.281. The van der Waals surface area contributed by atoms with Gasteiger partial charge in [0.25, 0.3) is 0 Å². The van der Waals surface area contributed by atoms with Crippen molar-refractivity contribution in [2.24, 2.45) is 11.7 Å². The van der Waals surface area contributed by atoms with Gasteiger partial charge in [0.05, 0.1) is 24.7 Å². The van der Waals surface area contributed by atoms with Crippen LogP contribution in [0.5, 0.6) is 0 Å². The minimum absolute atomic E-state index is 0.0110. The number of Topliss-reactive ketones (excluding diaryl/α,β-unsaturated/α-hetero) is 1. The molecule has 2 N–H and O–H groups in total. The first-order valence-electron chi connectivity index (χ1n) is 13.1. The van der Waals surface area contributed by atoms with Crippen LogP contribution in [-0.4, -0.2) is 61.0 Å². The number of carbonyl (C=O) groups excluding carboxylic acids is 2. The Morgan fingerprint density at radius 2 is 1.89 bits per heavy atom. The number of hydrogen-bond donors (Lipinski definition) is 1. The zero-order valence-corrected chi connectivity index (χ0v) is 22.3. The Morgan fingerprint density at radius 3 is 2.47 bits per heavy atom. The van der Waals surface area contributed by atoms with Gasteiger partial charge in [-0.05, 0) is 64.5 Å². The van der Waals surface area contributed by atoms with Crippen molar-refractivity contribution in [3.8, 4) is 0 Å². The number of hydrogen-bond acceptors (Lipinski definition) is 7. The van der Waals surface area contributed by atoms with Crippen molar-refractivity contribution in [1.82, 2.24) is 0 Å². The van der Waals surface area contributed by atoms with Crippen LogP contribution in [0.15, 0.2) is 35.9 Å². The summed E-state index contributed by atoms with van der Waals surface area (Å²) in [7, 11) is 1.69. The number of methoxy groups -OCH3 is 1. The molecule has 0 radical (unpaired) electrons. The van der Waals surface area contributed by atoms with Crippen LogP contribution < -0.4 is 5.73 Å². The molecule has 7 atom stereocenters. The second-order valence-electron chi connectivity index (χ2n) is 11.2. The van der Waals surface area contributed by atoms with E-state index in [4.69, 9.17) is 24.7 Å². The summed E-state index contributed by atoms with van der Waals surface area (Å²) >= 11 is 0. The van der Waals surface area contributed by atoms with Gasteiger partial charge in [-0.1, -0.05) is 35.9 Å². The number of esters is 1. The van der Waals surface area contributed by atoms with Crippen molar-refractivity contribution in [2.45, 2.75) is 102 Å². The minimum Gasteiger partial charge on any atom is -0.460 e. The summed E-state index contributed by atoms with van der Waals surface area (Å²) in [5.74, 6) is -0.201. The number of allylic oxidation sites excluding steroid dienone is 1. The molecule has 2 saturated heterocycles. The van der Waals surface area contributed by atoms with Crippen LogP contribution in [0.3, 0.4) is 0 Å². The lowest BCUT2D eigenvalue weighted by atomic mass is 9.68. The summed E-state index contributed by atoms with van der Waals surface area (Å²) in [6.07, 6.45) is 5.35. The largest absolute Gasteiger partial charge is 0.460 e. The van der Waals surface area contributed by atoms with E-state index in [1.807, 2.05) is 24.3 Å². The molecule has 3 aliphatic rings. The second kappa shape index (κ2) is 10.7. The molecule has 2 aliphatic heterocycles. The topological polar surface area (TPSA) is 104 Å². The van der Waals surface area contributed by atoms with Gasteiger partial charge in [-0.25, -0.2) is 0 Å². The Labute approximate surface area is 214 Å². The van der Waals surface area contributed by atoms with Gasteiger partial charge >= 0.3 is 5.97 Å². The van der Waals surface area contributed by atoms with Gasteiger partial charge in [0.15, 0.2) is 5.78 Å². The molecule has 1 spiro atoms. The zero-order chi connectivity index (χ0) is 26.1. The van der Waals surface area contributed by atoms with Crippen molar-refractivity contribution in [3.05, 3.63) is 47.0 Å². The maximum absolute atomic E-state index is 12.8. The fourth-order valence-electron chi connectivity index (χ4n) is 5.73. The van der Waals surface area contributed by atoms with Crippen molar-refractivity contribution >= 4 is 11.8 Å². The summed E-state index contributed by atoms with van der Waals surface area (Å²) in [5.41, 5.74) is 8.30. The maximum atomic E-state index is 12.8. The molecule has 1 aliphatic carbocycles. The molecule has 0 amide bonds. The van der Waals surface area contributed by atoms with Gasteiger partial charge in [0, 0.05) is 20.0 Å². The molecule has 1 saturated carbocycles. The first-order chi connectivity index (χ1) is 17.1. The number of carbonyl (C=O) groups is 2. The minimum atomic E-state index is -0.464. The third-order valence-electron chi connectivity index (χ3n) is 8.05. The standard InChI is InChI=1S/C29H41NO6/c1-18(2)6-12-24-28(4,36-24)27-26(33-5)23(14-15-29(27)17-34-29)35-25(32)13-11-20-7-9-21(10-8-20)16-22(31)19(3)30/h6-10,19,23-24,26-27H,11-17,30H2,1-5H3/t19-,23+,24+,26+,27+,28-,29-/m0/s1. The van der Waals surface area contributed by atoms with Gasteiger partial charge in [0.1, 0.15) is 23.4 Å². The van der Waals surface area contributed by atoms with Gasteiger partial charge in [-0.15, -0.1) is 0 Å². The van der Waals surface area contributed by atoms with Gasteiger partial charge in [-0.3, -0.25) is 9.59 Å². The normalized spacial score (nSPS) is 33.6. The van der Waals surface area contributed by atoms with Crippen LogP contribution in [0.1, 0.15) is 64.5 Å². The summed E-state index contributed by atoms with van der Waals surface area (Å²) in [6.45, 7) is 8.74. The molecule has 1 aromatic carbocycles. The van der Waals surface area contributed by atoms with E-state index in [1.165, 1.54) is 5.57 Å². The summed E-state index contributed by atoms with van der Waals surface area (Å²) in [4.78, 5) is 24.7. The molecular weight excluding hydrogens is 458 g/mol. The van der Waals surface area contributed by atoms with E-state index >= 15 is 0 Å². The summed E-state index contributed by atoms with van der Waals surface area (Å²) < 4.78 is 24.2. The highest BCUT2D eigenvalue weighted by Crippen LogP contribution is 2.59. The molecule has 3 fully saturated rings. The average Bonchev–Trinajstić information content (AvgIpc) is 3.75. The Hall–Kier alpha value is -2.06. The molecule has 0 unspecified atom stereocenters. The first-order valence-corrected chi connectivity index (χ1v) is 13.1. The Kier molecular flexibility index (Phi) is 8.05. The van der Waals surface area contributed by atoms with E-state index in [0.717, 1.165) is 30.4 Å². The number of aryl methyl sites for hydroxylation is 1. The molecule has 7 heteroatoms. The predicted octanol–water partition coefficient (Wildman–Crippen LogP) is 3.70. The number of benzene rings is 1. The van der Waals surface area contributed by atoms with Crippen LogP contribution in [0.4, 0.5) is 0 Å². The van der Waals surface area contributed by atoms with Crippen LogP contribution in [0.2, 0.25) is 0 Å². The Morgan fingerprint density at radius 1 is 1.22 bits per heavy atom. The smallest absolute Gasteiger partial charge is 0.306 e. The SMILES string of the molecule is CO[C@@H]1[C@H](OC(=O)CCc2ccc(CC(=O)[C@H](C)N)cc2)CC[C@]2(CO2)[C@H]1[C@@]1(C)O[C@@H]1CC=C(C)C. The molecular formula is C29H41NO6. The van der Waals surface area contributed by atoms with Crippen molar-refractivity contribution in [3.63, 3.8) is 0 Å². The van der Waals surface area contributed by atoms with Gasteiger partial charge in [0.2, 0.25) is 0 Å². The second-order valence-corrected chi connectivity index (χ2v) is 11.2. The van der Waals surface area contributed by atoms with E-state index in [0.29, 0.717) is 19.4 Å². The third kappa shape index (κ3) is 5.91. The van der Waals surface area contributed by atoms with E-state index in [-0.39, 0.29) is 53.6 Å². The van der Waals surface area contributed by atoms with E-state index in [9.17, 15) is 9.59 Å². The monoisotopic (exact) mass is 499 g/mol. The number of rotatable bonds is 11. The van der Waals surface area contributed by atoms with Gasteiger partial charge in [-0.2, -0.15) is 0 Å². The third-order valence-corrected chi connectivity index (χ3v) is 8.05. The lowest BCUT2D eigenvalue weighted by molar-refractivity contribution is -0.171. The molecule has 0 bridgehead atoms. The number of ketones is 1. The van der Waals surface area contributed by atoms with E-state index in [1.54, 1.807) is 14.0 Å². The van der Waals surface area contributed by atoms with Crippen LogP contribution >= 0.6 is 0 Å². The number of ether oxygens (including phenoxy) is 4. The summed E-state index contributed by atoms with van der Waals surface area (Å²) in [6, 6.07) is 7.29. The molecule has 4 rings (SSSR count). The Balaban J connectivity index is 1.33. The highest BCUT2D eigenvalue weighted by atomic mass is 16.6. The number of nitrogens with two attached hydrogens (primary N) is 1. The van der Waals surface area contributed by atoms with Crippen molar-refractivity contribution in [1.29, 1.82) is 0 Å². The lowest BCUT2D eigenvalue weighted by Crippen LogP contribution is -2.55. The fraction of sp³-hybridized carbons (Fsp3) is 0.655. The molecule has 1 aromatic rings. The van der Waals surface area contributed by atoms with Crippen molar-refractivity contribution in [2.75, 3.05) is 13.7 Å². The Bertz CT molecular complexity index is 978. The highest BCUT2D eigenvalue weighted by Gasteiger charge is 2.72. The van der Waals surface area contributed by atoms with Gasteiger partial charge < -0.3 is 24.7 Å². The van der Waals surface area contributed by atoms with E-state index in [2.05, 4.69) is 26.8 Å². The highest BCUT2D eigenvalue weighted by molar-refractivity contribution is 5.85. The van der Waals surface area contributed by atoms with Crippen LogP contribution in [0.25, 0.3) is 0 Å². The molecule has 2 heterocycles. The molecule has 198 valence electrons. The number of epoxide rings is 2. The molecule has 0 aromatic heterocycles. The van der Waals surface area contributed by atoms with E-state index < -0.39 is 6.04 Å². The first kappa shape index (κ1) is 27.0. The maximum Gasteiger partial charge on any atom is 0.306 e. The predicted molar refractivity (Wildman–Crippen MR) is 137 cm³/mol. The van der Waals surface area contributed by atoms with Crippen LogP contribution in [-0.2, 0) is 41.4 Å². The summed E-state index contributed by atoms with van der Waals surface area (Å²) in [5, 5.41) is 0. The van der Waals surface area contributed by atoms with Crippen LogP contribution in [0, 0.1) is 5.92 Å². The molecule has 36 heavy (non-hydrogen) atoms. The average molecular weight is 500 g/mol. The zero-order valence-electron chi connectivity index (χ0n) is 22.3.